The van der Waals surface area contributed by atoms with Crippen LogP contribution in [0.3, 0.4) is 0 Å². The molecule has 132 valence electrons. The molecule has 0 radical (unpaired) electrons. The predicted molar refractivity (Wildman–Crippen MR) is 108 cm³/mol. The van der Waals surface area contributed by atoms with Gasteiger partial charge < -0.3 is 9.67 Å². The molecule has 0 aliphatic carbocycles. The number of amides is 1. The predicted octanol–water partition coefficient (Wildman–Crippen LogP) is 4.37. The summed E-state index contributed by atoms with van der Waals surface area (Å²) >= 11 is 3.28. The Kier molecular flexibility index (Phi) is 5.23. The van der Waals surface area contributed by atoms with E-state index in [1.54, 1.807) is 18.3 Å². The van der Waals surface area contributed by atoms with Crippen LogP contribution in [0.4, 0.5) is 0 Å². The molecule has 0 saturated heterocycles. The van der Waals surface area contributed by atoms with Gasteiger partial charge >= 0.3 is 0 Å². The van der Waals surface area contributed by atoms with Gasteiger partial charge in [0.05, 0.1) is 11.8 Å². The van der Waals surface area contributed by atoms with Crippen molar-refractivity contribution in [2.75, 3.05) is 0 Å². The van der Waals surface area contributed by atoms with Crippen molar-refractivity contribution in [3.05, 3.63) is 76.4 Å². The van der Waals surface area contributed by atoms with Crippen molar-refractivity contribution in [2.24, 2.45) is 5.10 Å². The molecule has 6 heteroatoms. The van der Waals surface area contributed by atoms with Gasteiger partial charge in [0.25, 0.3) is 5.91 Å². The summed E-state index contributed by atoms with van der Waals surface area (Å²) in [6, 6.07) is 12.7. The number of carbonyl (C=O) groups is 1. The van der Waals surface area contributed by atoms with E-state index >= 15 is 0 Å². The fourth-order valence-electron chi connectivity index (χ4n) is 2.89. The number of phenols is 1. The van der Waals surface area contributed by atoms with Crippen LogP contribution in [0.5, 0.6) is 5.75 Å². The number of phenolic OH excluding ortho intramolecular Hbond substituents is 1. The zero-order valence-corrected chi connectivity index (χ0v) is 15.8. The minimum Gasteiger partial charge on any atom is -0.507 e. The Bertz CT molecular complexity index is 1020. The van der Waals surface area contributed by atoms with Crippen LogP contribution in [0.15, 0.2) is 64.7 Å². The van der Waals surface area contributed by atoms with Crippen molar-refractivity contribution in [3.63, 3.8) is 0 Å². The summed E-state index contributed by atoms with van der Waals surface area (Å²) < 4.78 is 2.85. The fraction of sp³-hybridized carbons (Fsp3) is 0.100. The number of aromatic nitrogens is 1. The Hall–Kier alpha value is -2.86. The van der Waals surface area contributed by atoms with E-state index in [0.29, 0.717) is 11.0 Å². The number of carbonyl (C=O) groups excluding carboxylic acids is 1. The molecule has 0 spiro atoms. The Morgan fingerprint density at radius 2 is 2.12 bits per heavy atom. The van der Waals surface area contributed by atoms with E-state index in [-0.39, 0.29) is 11.3 Å². The highest BCUT2D eigenvalue weighted by atomic mass is 79.9. The summed E-state index contributed by atoms with van der Waals surface area (Å²) in [5.74, 6) is -0.577. The molecular formula is C20H18BrN3O2. The number of fused-ring (bicyclic) bond motifs is 1. The van der Waals surface area contributed by atoms with Crippen molar-refractivity contribution >= 4 is 39.0 Å². The summed E-state index contributed by atoms with van der Waals surface area (Å²) in [4.78, 5) is 12.2. The van der Waals surface area contributed by atoms with E-state index in [1.807, 2.05) is 37.3 Å². The smallest absolute Gasteiger partial charge is 0.275 e. The normalized spacial score (nSPS) is 11.2. The Balaban J connectivity index is 1.89. The zero-order valence-electron chi connectivity index (χ0n) is 14.2. The number of hydrogen-bond acceptors (Lipinski definition) is 3. The molecule has 0 aliphatic heterocycles. The summed E-state index contributed by atoms with van der Waals surface area (Å²) in [6.45, 7) is 6.51. The van der Waals surface area contributed by atoms with E-state index in [1.165, 1.54) is 6.07 Å². The first kappa shape index (κ1) is 17.9. The van der Waals surface area contributed by atoms with Gasteiger partial charge in [-0.05, 0) is 31.2 Å². The Morgan fingerprint density at radius 1 is 1.35 bits per heavy atom. The molecule has 26 heavy (non-hydrogen) atoms. The highest BCUT2D eigenvalue weighted by Crippen LogP contribution is 2.25. The lowest BCUT2D eigenvalue weighted by atomic mass is 10.1. The van der Waals surface area contributed by atoms with Gasteiger partial charge in [-0.25, -0.2) is 5.43 Å². The fourth-order valence-corrected chi connectivity index (χ4v) is 3.25. The number of hydrogen-bond donors (Lipinski definition) is 2. The van der Waals surface area contributed by atoms with Crippen LogP contribution in [0.1, 0.15) is 21.6 Å². The van der Waals surface area contributed by atoms with Gasteiger partial charge in [-0.1, -0.05) is 40.2 Å². The summed E-state index contributed by atoms with van der Waals surface area (Å²) in [7, 11) is 0. The molecule has 0 saturated carbocycles. The van der Waals surface area contributed by atoms with Gasteiger partial charge in [0.1, 0.15) is 5.75 Å². The quantitative estimate of drug-likeness (QED) is 0.371. The van der Waals surface area contributed by atoms with Crippen molar-refractivity contribution in [1.29, 1.82) is 0 Å². The lowest BCUT2D eigenvalue weighted by molar-refractivity contribution is 0.0952. The Morgan fingerprint density at radius 3 is 2.88 bits per heavy atom. The van der Waals surface area contributed by atoms with Crippen molar-refractivity contribution < 1.29 is 9.90 Å². The standard InChI is InChI=1S/C20H18BrN3O2/c1-3-10-24-13(2)17(15-6-4-5-7-18(15)24)12-22-23-20(26)16-11-14(21)8-9-19(16)25/h3-9,11-12,25H,1,10H2,2H3,(H,23,26)/b22-12+. The second-order valence-corrected chi connectivity index (χ2v) is 6.69. The molecule has 0 fully saturated rings. The molecule has 3 aromatic rings. The summed E-state index contributed by atoms with van der Waals surface area (Å²) in [5.41, 5.74) is 5.68. The average Bonchev–Trinajstić information content (AvgIpc) is 2.90. The second kappa shape index (κ2) is 7.58. The maximum atomic E-state index is 12.2. The largest absolute Gasteiger partial charge is 0.507 e. The van der Waals surface area contributed by atoms with Crippen molar-refractivity contribution in [2.45, 2.75) is 13.5 Å². The number of benzene rings is 2. The molecule has 2 N–H and O–H groups in total. The molecule has 1 amide bonds. The lowest BCUT2D eigenvalue weighted by Gasteiger charge is -2.04. The third kappa shape index (κ3) is 3.41. The maximum Gasteiger partial charge on any atom is 0.275 e. The van der Waals surface area contributed by atoms with Gasteiger partial charge in [0, 0.05) is 33.2 Å². The highest BCUT2D eigenvalue weighted by molar-refractivity contribution is 9.10. The first-order valence-electron chi connectivity index (χ1n) is 8.03. The first-order valence-corrected chi connectivity index (χ1v) is 8.83. The van der Waals surface area contributed by atoms with Crippen LogP contribution in [-0.4, -0.2) is 21.8 Å². The Labute approximate surface area is 159 Å². The molecule has 0 atom stereocenters. The molecular weight excluding hydrogens is 394 g/mol. The van der Waals surface area contributed by atoms with Gasteiger partial charge in [-0.2, -0.15) is 5.10 Å². The van der Waals surface area contributed by atoms with Crippen LogP contribution >= 0.6 is 15.9 Å². The number of aromatic hydroxyl groups is 1. The number of para-hydroxylation sites is 1. The summed E-state index contributed by atoms with van der Waals surface area (Å²) in [6.07, 6.45) is 3.47. The average molecular weight is 412 g/mol. The topological polar surface area (TPSA) is 66.6 Å². The molecule has 0 unspecified atom stereocenters. The van der Waals surface area contributed by atoms with E-state index in [4.69, 9.17) is 0 Å². The van der Waals surface area contributed by atoms with E-state index in [9.17, 15) is 9.90 Å². The third-order valence-corrected chi connectivity index (χ3v) is 4.65. The lowest BCUT2D eigenvalue weighted by Crippen LogP contribution is -2.17. The van der Waals surface area contributed by atoms with Gasteiger partial charge in [0.2, 0.25) is 0 Å². The van der Waals surface area contributed by atoms with Crippen LogP contribution < -0.4 is 5.43 Å². The minimum absolute atomic E-state index is 0.0975. The highest BCUT2D eigenvalue weighted by Gasteiger charge is 2.13. The van der Waals surface area contributed by atoms with Crippen molar-refractivity contribution in [1.82, 2.24) is 9.99 Å². The number of allylic oxidation sites excluding steroid dienone is 1. The monoisotopic (exact) mass is 411 g/mol. The van der Waals surface area contributed by atoms with Gasteiger partial charge in [-0.3, -0.25) is 4.79 Å². The second-order valence-electron chi connectivity index (χ2n) is 5.78. The molecule has 0 aliphatic rings. The third-order valence-electron chi connectivity index (χ3n) is 4.15. The molecule has 3 rings (SSSR count). The number of hydrazone groups is 1. The zero-order chi connectivity index (χ0) is 18.7. The number of halogens is 1. The SMILES string of the molecule is C=CCn1c(C)c(/C=N/NC(=O)c2cc(Br)ccc2O)c2ccccc21. The summed E-state index contributed by atoms with van der Waals surface area (Å²) in [5, 5.41) is 15.0. The number of nitrogens with one attached hydrogen (secondary N) is 1. The minimum atomic E-state index is -0.479. The van der Waals surface area contributed by atoms with Gasteiger partial charge in [0.15, 0.2) is 0 Å². The van der Waals surface area contributed by atoms with Crippen molar-refractivity contribution in [3.8, 4) is 5.75 Å². The number of rotatable bonds is 5. The molecule has 1 aromatic heterocycles. The maximum absolute atomic E-state index is 12.2. The van der Waals surface area contributed by atoms with Crippen LogP contribution in [-0.2, 0) is 6.54 Å². The first-order chi connectivity index (χ1) is 12.5. The molecule has 5 nitrogen and oxygen atoms in total. The van der Waals surface area contributed by atoms with Crippen LogP contribution in [0.2, 0.25) is 0 Å². The van der Waals surface area contributed by atoms with E-state index in [0.717, 1.165) is 22.2 Å². The molecule has 0 bridgehead atoms. The van der Waals surface area contributed by atoms with Crippen LogP contribution in [0.25, 0.3) is 10.9 Å². The van der Waals surface area contributed by atoms with Crippen LogP contribution in [0, 0.1) is 6.92 Å². The number of nitrogens with zero attached hydrogens (tertiary/aromatic N) is 2. The molecule has 2 aromatic carbocycles. The van der Waals surface area contributed by atoms with Gasteiger partial charge in [-0.15, -0.1) is 6.58 Å². The van der Waals surface area contributed by atoms with E-state index < -0.39 is 5.91 Å². The molecule has 1 heterocycles. The van der Waals surface area contributed by atoms with E-state index in [2.05, 4.69) is 37.6 Å².